The van der Waals surface area contributed by atoms with Crippen molar-refractivity contribution in [3.63, 3.8) is 0 Å². The highest BCUT2D eigenvalue weighted by Gasteiger charge is 2.12. The maximum Gasteiger partial charge on any atom is 0.316 e. The molecule has 0 radical (unpaired) electrons. The minimum absolute atomic E-state index is 0.143. The van der Waals surface area contributed by atoms with E-state index in [2.05, 4.69) is 16.6 Å². The number of aliphatic hydroxyl groups is 1. The molecule has 1 atom stereocenters. The molecule has 1 rings (SSSR count). The molecule has 0 aliphatic carbocycles. The zero-order valence-corrected chi connectivity index (χ0v) is 9.87. The lowest BCUT2D eigenvalue weighted by atomic mass is 10.1. The lowest BCUT2D eigenvalue weighted by Crippen LogP contribution is -2.39. The first-order valence-corrected chi connectivity index (χ1v) is 5.39. The highest BCUT2D eigenvalue weighted by atomic mass is 35.5. The standard InChI is InChI=1S/C12H13ClN2O2/c1-2-7-14-12(17)15-11(8-16)9-3-5-10(13)6-4-9/h1,3-6,11,16H,7-8H2,(H2,14,15,17). The van der Waals surface area contributed by atoms with Crippen molar-refractivity contribution in [2.75, 3.05) is 13.2 Å². The molecule has 0 aliphatic heterocycles. The van der Waals surface area contributed by atoms with Gasteiger partial charge in [-0.25, -0.2) is 4.79 Å². The number of nitrogens with one attached hydrogen (secondary N) is 2. The molecule has 90 valence electrons. The molecular weight excluding hydrogens is 240 g/mol. The van der Waals surface area contributed by atoms with Crippen molar-refractivity contribution in [2.45, 2.75) is 6.04 Å². The Morgan fingerprint density at radius 1 is 1.47 bits per heavy atom. The average molecular weight is 253 g/mol. The van der Waals surface area contributed by atoms with Gasteiger partial charge in [0.25, 0.3) is 0 Å². The summed E-state index contributed by atoms with van der Waals surface area (Å²) in [5.41, 5.74) is 0.771. The van der Waals surface area contributed by atoms with E-state index in [0.717, 1.165) is 5.56 Å². The molecule has 1 aromatic rings. The fourth-order valence-electron chi connectivity index (χ4n) is 1.27. The Bertz CT molecular complexity index is 412. The number of halogens is 1. The number of carbonyl (C=O) groups excluding carboxylic acids is 1. The van der Waals surface area contributed by atoms with Gasteiger partial charge in [0.05, 0.1) is 19.2 Å². The van der Waals surface area contributed by atoms with E-state index < -0.39 is 12.1 Å². The Kier molecular flexibility index (Phi) is 5.34. The lowest BCUT2D eigenvalue weighted by Gasteiger charge is -2.16. The Balaban J connectivity index is 2.63. The van der Waals surface area contributed by atoms with Gasteiger partial charge >= 0.3 is 6.03 Å². The molecule has 0 heterocycles. The second-order valence-electron chi connectivity index (χ2n) is 3.32. The zero-order chi connectivity index (χ0) is 12.7. The van der Waals surface area contributed by atoms with Crippen LogP contribution in [0.1, 0.15) is 11.6 Å². The number of terminal acetylenes is 1. The summed E-state index contributed by atoms with van der Waals surface area (Å²) in [5.74, 6) is 2.29. The zero-order valence-electron chi connectivity index (χ0n) is 9.11. The number of aliphatic hydroxyl groups excluding tert-OH is 1. The summed E-state index contributed by atoms with van der Waals surface area (Å²) in [7, 11) is 0. The van der Waals surface area contributed by atoms with E-state index >= 15 is 0 Å². The van der Waals surface area contributed by atoms with Gasteiger partial charge in [0, 0.05) is 5.02 Å². The van der Waals surface area contributed by atoms with Gasteiger partial charge in [-0.2, -0.15) is 0 Å². The van der Waals surface area contributed by atoms with Crippen LogP contribution in [0, 0.1) is 12.3 Å². The van der Waals surface area contributed by atoms with Gasteiger partial charge in [0.1, 0.15) is 0 Å². The van der Waals surface area contributed by atoms with Crippen LogP contribution >= 0.6 is 11.6 Å². The SMILES string of the molecule is C#CCNC(=O)NC(CO)c1ccc(Cl)cc1. The molecule has 0 fully saturated rings. The summed E-state index contributed by atoms with van der Waals surface area (Å²) in [6.07, 6.45) is 5.01. The quantitative estimate of drug-likeness (QED) is 0.708. The monoisotopic (exact) mass is 252 g/mol. The van der Waals surface area contributed by atoms with Gasteiger partial charge in [-0.15, -0.1) is 6.42 Å². The third-order valence-electron chi connectivity index (χ3n) is 2.11. The van der Waals surface area contributed by atoms with Gasteiger partial charge in [0.2, 0.25) is 0 Å². The molecule has 0 bridgehead atoms. The molecule has 0 aromatic heterocycles. The Hall–Kier alpha value is -1.70. The number of urea groups is 1. The highest BCUT2D eigenvalue weighted by molar-refractivity contribution is 6.30. The maximum atomic E-state index is 11.4. The normalized spacial score (nSPS) is 11.4. The van der Waals surface area contributed by atoms with Crippen molar-refractivity contribution in [3.8, 4) is 12.3 Å². The van der Waals surface area contributed by atoms with E-state index in [1.54, 1.807) is 24.3 Å². The van der Waals surface area contributed by atoms with E-state index in [9.17, 15) is 9.90 Å². The first-order chi connectivity index (χ1) is 8.17. The first-order valence-electron chi connectivity index (χ1n) is 5.01. The van der Waals surface area contributed by atoms with E-state index in [1.807, 2.05) is 0 Å². The van der Waals surface area contributed by atoms with Crippen LogP contribution in [0.2, 0.25) is 5.02 Å². The molecule has 1 aromatic carbocycles. The number of amides is 2. The van der Waals surface area contributed by atoms with Crippen molar-refractivity contribution in [1.82, 2.24) is 10.6 Å². The second kappa shape index (κ2) is 6.79. The summed E-state index contributed by atoms with van der Waals surface area (Å²) >= 11 is 5.75. The van der Waals surface area contributed by atoms with Crippen molar-refractivity contribution in [3.05, 3.63) is 34.9 Å². The topological polar surface area (TPSA) is 61.4 Å². The molecule has 0 saturated carbocycles. The van der Waals surface area contributed by atoms with E-state index in [4.69, 9.17) is 18.0 Å². The fraction of sp³-hybridized carbons (Fsp3) is 0.250. The maximum absolute atomic E-state index is 11.4. The van der Waals surface area contributed by atoms with Crippen LogP contribution in [0.5, 0.6) is 0 Å². The van der Waals surface area contributed by atoms with Gasteiger partial charge in [-0.1, -0.05) is 29.7 Å². The van der Waals surface area contributed by atoms with E-state index in [0.29, 0.717) is 5.02 Å². The number of benzene rings is 1. The van der Waals surface area contributed by atoms with Crippen LogP contribution in [-0.4, -0.2) is 24.3 Å². The van der Waals surface area contributed by atoms with Gasteiger partial charge < -0.3 is 15.7 Å². The number of rotatable bonds is 4. The Morgan fingerprint density at radius 3 is 2.65 bits per heavy atom. The lowest BCUT2D eigenvalue weighted by molar-refractivity contribution is 0.218. The molecule has 0 saturated heterocycles. The van der Waals surface area contributed by atoms with Crippen LogP contribution < -0.4 is 10.6 Å². The van der Waals surface area contributed by atoms with Gasteiger partial charge in [0.15, 0.2) is 0 Å². The van der Waals surface area contributed by atoms with Crippen molar-refractivity contribution >= 4 is 17.6 Å². The second-order valence-corrected chi connectivity index (χ2v) is 3.75. The van der Waals surface area contributed by atoms with Crippen molar-refractivity contribution in [2.24, 2.45) is 0 Å². The number of hydrogen-bond donors (Lipinski definition) is 3. The van der Waals surface area contributed by atoms with Gasteiger partial charge in [-0.05, 0) is 17.7 Å². The molecule has 3 N–H and O–H groups in total. The van der Waals surface area contributed by atoms with Crippen LogP contribution in [0.15, 0.2) is 24.3 Å². The summed E-state index contributed by atoms with van der Waals surface area (Å²) in [6, 6.07) is 5.97. The minimum atomic E-state index is -0.481. The third-order valence-corrected chi connectivity index (χ3v) is 2.36. The molecule has 1 unspecified atom stereocenters. The largest absolute Gasteiger partial charge is 0.394 e. The molecule has 4 nitrogen and oxygen atoms in total. The summed E-state index contributed by atoms with van der Waals surface area (Å²) in [5, 5.41) is 14.9. The molecule has 5 heteroatoms. The van der Waals surface area contributed by atoms with Crippen LogP contribution in [0.25, 0.3) is 0 Å². The number of carbonyl (C=O) groups is 1. The Morgan fingerprint density at radius 2 is 2.12 bits per heavy atom. The smallest absolute Gasteiger partial charge is 0.316 e. The summed E-state index contributed by atoms with van der Waals surface area (Å²) in [6.45, 7) is -0.0598. The summed E-state index contributed by atoms with van der Waals surface area (Å²) in [4.78, 5) is 11.4. The van der Waals surface area contributed by atoms with Crippen molar-refractivity contribution in [1.29, 1.82) is 0 Å². The van der Waals surface area contributed by atoms with Crippen LogP contribution in [-0.2, 0) is 0 Å². The van der Waals surface area contributed by atoms with Crippen LogP contribution in [0.4, 0.5) is 4.79 Å². The molecule has 2 amide bonds. The van der Waals surface area contributed by atoms with E-state index in [1.165, 1.54) is 0 Å². The van der Waals surface area contributed by atoms with Crippen molar-refractivity contribution < 1.29 is 9.90 Å². The van der Waals surface area contributed by atoms with E-state index in [-0.39, 0.29) is 13.2 Å². The highest BCUT2D eigenvalue weighted by Crippen LogP contribution is 2.15. The third kappa shape index (κ3) is 4.35. The fourth-order valence-corrected chi connectivity index (χ4v) is 1.40. The predicted octanol–water partition coefficient (Wildman–Crippen LogP) is 1.31. The minimum Gasteiger partial charge on any atom is -0.394 e. The molecule has 0 spiro atoms. The average Bonchev–Trinajstić information content (AvgIpc) is 2.34. The first kappa shape index (κ1) is 13.4. The van der Waals surface area contributed by atoms with Crippen LogP contribution in [0.3, 0.4) is 0 Å². The molecule has 17 heavy (non-hydrogen) atoms. The predicted molar refractivity (Wildman–Crippen MR) is 66.6 cm³/mol. The molecule has 0 aliphatic rings. The molecular formula is C12H13ClN2O2. The van der Waals surface area contributed by atoms with Gasteiger partial charge in [-0.3, -0.25) is 0 Å². The Labute approximate surface area is 105 Å². The number of hydrogen-bond acceptors (Lipinski definition) is 2. The summed E-state index contributed by atoms with van der Waals surface area (Å²) < 4.78 is 0.